The number of hydrogen-bond acceptors (Lipinski definition) is 3. The molecule has 0 saturated carbocycles. The van der Waals surface area contributed by atoms with Gasteiger partial charge in [-0.25, -0.2) is 4.39 Å². The smallest absolute Gasteiger partial charge is 0.238 e. The van der Waals surface area contributed by atoms with E-state index in [9.17, 15) is 9.18 Å². The van der Waals surface area contributed by atoms with Crippen LogP contribution in [0.3, 0.4) is 0 Å². The number of nitrogens with one attached hydrogen (secondary N) is 1. The van der Waals surface area contributed by atoms with Crippen molar-refractivity contribution in [2.24, 2.45) is 5.92 Å². The average Bonchev–Trinajstić information content (AvgIpc) is 2.37. The number of halogens is 1. The lowest BCUT2D eigenvalue weighted by Gasteiger charge is -2.36. The zero-order valence-corrected chi connectivity index (χ0v) is 12.0. The van der Waals surface area contributed by atoms with E-state index >= 15 is 0 Å². The first-order valence-electron chi connectivity index (χ1n) is 7.04. The molecule has 2 atom stereocenters. The second-order valence-corrected chi connectivity index (χ2v) is 5.74. The Morgan fingerprint density at radius 2 is 2.20 bits per heavy atom. The molecule has 0 spiro atoms. The second-order valence-electron chi connectivity index (χ2n) is 5.74. The van der Waals surface area contributed by atoms with Crippen LogP contribution in [0.4, 0.5) is 15.8 Å². The third-order valence-electron chi connectivity index (χ3n) is 3.88. The lowest BCUT2D eigenvalue weighted by Crippen LogP contribution is -2.45. The van der Waals surface area contributed by atoms with E-state index in [1.54, 1.807) is 0 Å². The Morgan fingerprint density at radius 1 is 1.45 bits per heavy atom. The van der Waals surface area contributed by atoms with E-state index in [0.717, 1.165) is 13.0 Å². The highest BCUT2D eigenvalue weighted by molar-refractivity contribution is 5.95. The van der Waals surface area contributed by atoms with Crippen LogP contribution in [0, 0.1) is 11.7 Å². The Hall–Kier alpha value is -1.62. The maximum atomic E-state index is 13.0. The van der Waals surface area contributed by atoms with E-state index < -0.39 is 5.82 Å². The minimum absolute atomic E-state index is 0.107. The van der Waals surface area contributed by atoms with Gasteiger partial charge in [0.1, 0.15) is 5.82 Å². The summed E-state index contributed by atoms with van der Waals surface area (Å²) in [6.45, 7) is 5.63. The molecule has 2 rings (SSSR count). The largest absolute Gasteiger partial charge is 0.397 e. The van der Waals surface area contributed by atoms with Crippen molar-refractivity contribution >= 4 is 17.3 Å². The molecule has 5 heteroatoms. The van der Waals surface area contributed by atoms with Crippen molar-refractivity contribution in [3.05, 3.63) is 24.0 Å². The molecule has 1 heterocycles. The van der Waals surface area contributed by atoms with Crippen LogP contribution < -0.4 is 11.1 Å². The number of rotatable bonds is 3. The summed E-state index contributed by atoms with van der Waals surface area (Å²) >= 11 is 0. The van der Waals surface area contributed by atoms with Crippen molar-refractivity contribution in [1.29, 1.82) is 0 Å². The number of amides is 1. The summed E-state index contributed by atoms with van der Waals surface area (Å²) in [6, 6.07) is 4.41. The highest BCUT2D eigenvalue weighted by Gasteiger charge is 2.24. The van der Waals surface area contributed by atoms with Crippen LogP contribution in [0.2, 0.25) is 0 Å². The van der Waals surface area contributed by atoms with Gasteiger partial charge in [-0.3, -0.25) is 9.69 Å². The molecule has 1 aliphatic heterocycles. The zero-order chi connectivity index (χ0) is 14.7. The summed E-state index contributed by atoms with van der Waals surface area (Å²) < 4.78 is 13.0. The number of carbonyl (C=O) groups excluding carboxylic acids is 1. The topological polar surface area (TPSA) is 58.4 Å². The average molecular weight is 279 g/mol. The number of likely N-dealkylation sites (tertiary alicyclic amines) is 1. The number of nitrogens with two attached hydrogens (primary N) is 1. The summed E-state index contributed by atoms with van der Waals surface area (Å²) in [5, 5.41) is 2.75. The quantitative estimate of drug-likeness (QED) is 0.836. The molecule has 1 fully saturated rings. The van der Waals surface area contributed by atoms with Crippen molar-refractivity contribution in [3.63, 3.8) is 0 Å². The lowest BCUT2D eigenvalue weighted by atomic mass is 9.95. The van der Waals surface area contributed by atoms with Gasteiger partial charge in [-0.1, -0.05) is 6.92 Å². The van der Waals surface area contributed by atoms with Crippen LogP contribution in [0.15, 0.2) is 18.2 Å². The van der Waals surface area contributed by atoms with Gasteiger partial charge in [0.15, 0.2) is 0 Å². The van der Waals surface area contributed by atoms with Crippen molar-refractivity contribution in [1.82, 2.24) is 4.90 Å². The van der Waals surface area contributed by atoms with E-state index in [4.69, 9.17) is 5.73 Å². The fourth-order valence-electron chi connectivity index (χ4n) is 2.62. The minimum Gasteiger partial charge on any atom is -0.397 e. The zero-order valence-electron chi connectivity index (χ0n) is 12.0. The molecule has 1 aromatic carbocycles. The van der Waals surface area contributed by atoms with Crippen LogP contribution in [-0.4, -0.2) is 29.9 Å². The van der Waals surface area contributed by atoms with Gasteiger partial charge in [0, 0.05) is 12.6 Å². The fraction of sp³-hybridized carbons (Fsp3) is 0.533. The first kappa shape index (κ1) is 14.8. The minimum atomic E-state index is -0.404. The number of benzene rings is 1. The predicted molar refractivity (Wildman–Crippen MR) is 78.9 cm³/mol. The van der Waals surface area contributed by atoms with Crippen molar-refractivity contribution < 1.29 is 9.18 Å². The number of nitrogens with zero attached hydrogens (tertiary/aromatic N) is 1. The van der Waals surface area contributed by atoms with Gasteiger partial charge in [-0.2, -0.15) is 0 Å². The molecule has 0 aliphatic carbocycles. The molecule has 1 saturated heterocycles. The van der Waals surface area contributed by atoms with Crippen molar-refractivity contribution in [3.8, 4) is 0 Å². The maximum absolute atomic E-state index is 13.0. The first-order valence-corrected chi connectivity index (χ1v) is 7.04. The van der Waals surface area contributed by atoms with E-state index in [2.05, 4.69) is 24.1 Å². The summed E-state index contributed by atoms with van der Waals surface area (Å²) in [5.41, 5.74) is 6.40. The molecule has 1 amide bonds. The predicted octanol–water partition coefficient (Wildman–Crippen LogP) is 2.47. The van der Waals surface area contributed by atoms with Crippen molar-refractivity contribution in [2.75, 3.05) is 24.1 Å². The second kappa shape index (κ2) is 6.22. The van der Waals surface area contributed by atoms with Gasteiger partial charge >= 0.3 is 0 Å². The monoisotopic (exact) mass is 279 g/mol. The van der Waals surface area contributed by atoms with Crippen LogP contribution in [0.25, 0.3) is 0 Å². The molecule has 3 N–H and O–H groups in total. The van der Waals surface area contributed by atoms with Gasteiger partial charge in [0.2, 0.25) is 5.91 Å². The van der Waals surface area contributed by atoms with Gasteiger partial charge in [-0.05, 0) is 43.9 Å². The van der Waals surface area contributed by atoms with E-state index in [1.165, 1.54) is 24.6 Å². The summed E-state index contributed by atoms with van der Waals surface area (Å²) in [5.74, 6) is 0.109. The van der Waals surface area contributed by atoms with Gasteiger partial charge in [0.25, 0.3) is 0 Å². The molecule has 110 valence electrons. The molecule has 0 bridgehead atoms. The molecule has 1 aromatic rings. The van der Waals surface area contributed by atoms with E-state index in [-0.39, 0.29) is 11.6 Å². The maximum Gasteiger partial charge on any atom is 0.238 e. The number of hydrogen-bond donors (Lipinski definition) is 2. The highest BCUT2D eigenvalue weighted by Crippen LogP contribution is 2.22. The molecule has 2 unspecified atom stereocenters. The standard InChI is InChI=1S/C15H22FN3O/c1-10-3-4-11(2)19(8-10)9-15(20)18-14-6-5-12(16)7-13(14)17/h5-7,10-11H,3-4,8-9,17H2,1-2H3,(H,18,20). The van der Waals surface area contributed by atoms with Crippen LogP contribution in [0.5, 0.6) is 0 Å². The third kappa shape index (κ3) is 3.70. The number of carbonyl (C=O) groups is 1. The molecule has 0 aromatic heterocycles. The summed E-state index contributed by atoms with van der Waals surface area (Å²) in [6.07, 6.45) is 2.33. The Bertz CT molecular complexity index is 492. The Labute approximate surface area is 119 Å². The normalized spacial score (nSPS) is 23.6. The number of anilines is 2. The van der Waals surface area contributed by atoms with Crippen LogP contribution >= 0.6 is 0 Å². The van der Waals surface area contributed by atoms with Crippen LogP contribution in [0.1, 0.15) is 26.7 Å². The van der Waals surface area contributed by atoms with E-state index in [1.807, 2.05) is 0 Å². The summed E-state index contributed by atoms with van der Waals surface area (Å²) in [7, 11) is 0. The van der Waals surface area contributed by atoms with Gasteiger partial charge in [0.05, 0.1) is 17.9 Å². The molecule has 1 aliphatic rings. The third-order valence-corrected chi connectivity index (χ3v) is 3.88. The summed E-state index contributed by atoms with van der Waals surface area (Å²) in [4.78, 5) is 14.3. The molecule has 20 heavy (non-hydrogen) atoms. The Morgan fingerprint density at radius 3 is 2.90 bits per heavy atom. The molecular weight excluding hydrogens is 257 g/mol. The number of piperidine rings is 1. The van der Waals surface area contributed by atoms with E-state index in [0.29, 0.717) is 24.2 Å². The highest BCUT2D eigenvalue weighted by atomic mass is 19.1. The molecule has 4 nitrogen and oxygen atoms in total. The molecular formula is C15H22FN3O. The Kier molecular flexibility index (Phi) is 4.60. The molecule has 0 radical (unpaired) electrons. The van der Waals surface area contributed by atoms with Gasteiger partial charge in [-0.15, -0.1) is 0 Å². The first-order chi connectivity index (χ1) is 9.45. The van der Waals surface area contributed by atoms with Crippen molar-refractivity contribution in [2.45, 2.75) is 32.7 Å². The van der Waals surface area contributed by atoms with Gasteiger partial charge < -0.3 is 11.1 Å². The number of nitrogen functional groups attached to an aromatic ring is 1. The Balaban J connectivity index is 1.94. The SMILES string of the molecule is CC1CCC(C)N(CC(=O)Nc2ccc(F)cc2N)C1. The lowest BCUT2D eigenvalue weighted by molar-refractivity contribution is -0.118. The van der Waals surface area contributed by atoms with Crippen LogP contribution in [-0.2, 0) is 4.79 Å². The fourth-order valence-corrected chi connectivity index (χ4v) is 2.62.